The first-order chi connectivity index (χ1) is 12.8. The number of rotatable bonds is 5. The molecule has 2 heterocycles. The highest BCUT2D eigenvalue weighted by atomic mass is 32.2. The fraction of sp³-hybridized carbons (Fsp3) is 0.389. The lowest BCUT2D eigenvalue weighted by Gasteiger charge is -2.14. The van der Waals surface area contributed by atoms with E-state index in [0.717, 1.165) is 24.2 Å². The van der Waals surface area contributed by atoms with Crippen molar-refractivity contribution in [2.75, 3.05) is 11.1 Å². The molecule has 2 aromatic rings. The van der Waals surface area contributed by atoms with Crippen LogP contribution in [0.4, 0.5) is 18.9 Å². The molecule has 0 saturated heterocycles. The fourth-order valence-corrected chi connectivity index (χ4v) is 4.10. The molecule has 0 spiro atoms. The minimum Gasteiger partial charge on any atom is -0.326 e. The second-order valence-corrected chi connectivity index (χ2v) is 7.27. The molecule has 5 nitrogen and oxygen atoms in total. The molecular formula is C18H18F3N3O2S. The molecule has 27 heavy (non-hydrogen) atoms. The summed E-state index contributed by atoms with van der Waals surface area (Å²) in [7, 11) is 0. The topological polar surface area (TPSA) is 64.0 Å². The van der Waals surface area contributed by atoms with Gasteiger partial charge in [0.1, 0.15) is 0 Å². The molecular weight excluding hydrogens is 379 g/mol. The van der Waals surface area contributed by atoms with Crippen LogP contribution in [0.3, 0.4) is 0 Å². The van der Waals surface area contributed by atoms with Crippen LogP contribution in [0.25, 0.3) is 0 Å². The van der Waals surface area contributed by atoms with Crippen LogP contribution in [0.2, 0.25) is 0 Å². The number of hydrogen-bond acceptors (Lipinski definition) is 4. The SMILES string of the molecule is CCCc1cc(=O)n2c(n1)SCC2CC(=O)Nc1cccc(C(F)(F)F)c1. The van der Waals surface area contributed by atoms with Crippen molar-refractivity contribution < 1.29 is 18.0 Å². The van der Waals surface area contributed by atoms with Crippen molar-refractivity contribution in [3.8, 4) is 0 Å². The highest BCUT2D eigenvalue weighted by Gasteiger charge is 2.31. The van der Waals surface area contributed by atoms with Gasteiger partial charge in [-0.1, -0.05) is 31.2 Å². The molecule has 1 aromatic heterocycles. The first-order valence-corrected chi connectivity index (χ1v) is 9.49. The Morgan fingerprint density at radius 1 is 1.37 bits per heavy atom. The van der Waals surface area contributed by atoms with Gasteiger partial charge in [-0.15, -0.1) is 0 Å². The lowest BCUT2D eigenvalue weighted by atomic mass is 10.1. The summed E-state index contributed by atoms with van der Waals surface area (Å²) >= 11 is 1.41. The molecule has 1 N–H and O–H groups in total. The number of anilines is 1. The van der Waals surface area contributed by atoms with E-state index < -0.39 is 17.6 Å². The van der Waals surface area contributed by atoms with E-state index in [1.807, 2.05) is 6.92 Å². The summed E-state index contributed by atoms with van der Waals surface area (Å²) in [5, 5.41) is 3.07. The molecule has 9 heteroatoms. The van der Waals surface area contributed by atoms with Crippen LogP contribution in [0.1, 0.15) is 37.1 Å². The molecule has 3 rings (SSSR count). The highest BCUT2D eigenvalue weighted by Crippen LogP contribution is 2.33. The number of carbonyl (C=O) groups excluding carboxylic acids is 1. The molecule has 1 aromatic carbocycles. The van der Waals surface area contributed by atoms with Gasteiger partial charge in [-0.05, 0) is 24.6 Å². The number of halogens is 3. The molecule has 0 bridgehead atoms. The second kappa shape index (κ2) is 7.75. The monoisotopic (exact) mass is 397 g/mol. The van der Waals surface area contributed by atoms with Crippen molar-refractivity contribution >= 4 is 23.4 Å². The van der Waals surface area contributed by atoms with Crippen LogP contribution in [0.15, 0.2) is 40.3 Å². The average Bonchev–Trinajstić information content (AvgIpc) is 2.97. The molecule has 1 unspecified atom stereocenters. The van der Waals surface area contributed by atoms with Gasteiger partial charge in [0.2, 0.25) is 5.91 Å². The molecule has 0 fully saturated rings. The van der Waals surface area contributed by atoms with Crippen LogP contribution < -0.4 is 10.9 Å². The second-order valence-electron chi connectivity index (χ2n) is 6.28. The molecule has 0 saturated carbocycles. The predicted octanol–water partition coefficient (Wildman–Crippen LogP) is 3.89. The maximum atomic E-state index is 12.8. The van der Waals surface area contributed by atoms with Crippen LogP contribution in [0, 0.1) is 0 Å². The van der Waals surface area contributed by atoms with Gasteiger partial charge >= 0.3 is 6.18 Å². The van der Waals surface area contributed by atoms with Crippen LogP contribution in [-0.4, -0.2) is 21.2 Å². The molecule has 0 radical (unpaired) electrons. The first kappa shape index (κ1) is 19.5. The summed E-state index contributed by atoms with van der Waals surface area (Å²) < 4.78 is 39.8. The number of aromatic nitrogens is 2. The Bertz CT molecular complexity index is 911. The summed E-state index contributed by atoms with van der Waals surface area (Å²) in [4.78, 5) is 29.1. The van der Waals surface area contributed by atoms with E-state index in [2.05, 4.69) is 10.3 Å². The summed E-state index contributed by atoms with van der Waals surface area (Å²) in [5.74, 6) is 0.0747. The number of alkyl halides is 3. The third-order valence-electron chi connectivity index (χ3n) is 4.14. The van der Waals surface area contributed by atoms with Crippen molar-refractivity contribution in [2.45, 2.75) is 43.6 Å². The Labute approximate surface area is 158 Å². The number of carbonyl (C=O) groups is 1. The van der Waals surface area contributed by atoms with Gasteiger partial charge in [-0.3, -0.25) is 14.2 Å². The summed E-state index contributed by atoms with van der Waals surface area (Å²) in [5.41, 5.74) is -0.226. The van der Waals surface area contributed by atoms with E-state index >= 15 is 0 Å². The third kappa shape index (κ3) is 4.52. The normalized spacial score (nSPS) is 16.2. The Morgan fingerprint density at radius 3 is 2.85 bits per heavy atom. The zero-order valence-corrected chi connectivity index (χ0v) is 15.4. The Balaban J connectivity index is 1.71. The van der Waals surface area contributed by atoms with Gasteiger partial charge in [0.25, 0.3) is 5.56 Å². The Kier molecular flexibility index (Phi) is 5.59. The number of amides is 1. The van der Waals surface area contributed by atoms with E-state index in [9.17, 15) is 22.8 Å². The fourth-order valence-electron chi connectivity index (χ4n) is 2.93. The standard InChI is InChI=1S/C18H18F3N3O2S/c1-2-4-12-8-16(26)24-14(10-27-17(24)23-12)9-15(25)22-13-6-3-5-11(7-13)18(19,20)21/h3,5-8,14H,2,4,9-10H2,1H3,(H,22,25). The van der Waals surface area contributed by atoms with Crippen molar-refractivity contribution in [3.63, 3.8) is 0 Å². The van der Waals surface area contributed by atoms with E-state index in [1.165, 1.54) is 34.5 Å². The maximum absolute atomic E-state index is 12.8. The van der Waals surface area contributed by atoms with Crippen molar-refractivity contribution in [1.29, 1.82) is 0 Å². The van der Waals surface area contributed by atoms with Crippen molar-refractivity contribution in [2.24, 2.45) is 0 Å². The van der Waals surface area contributed by atoms with Crippen LogP contribution >= 0.6 is 11.8 Å². The number of fused-ring (bicyclic) bond motifs is 1. The minimum absolute atomic E-state index is 0.00897. The predicted molar refractivity (Wildman–Crippen MR) is 96.9 cm³/mol. The Hall–Kier alpha value is -2.29. The smallest absolute Gasteiger partial charge is 0.326 e. The van der Waals surface area contributed by atoms with E-state index in [-0.39, 0.29) is 23.7 Å². The number of nitrogens with one attached hydrogen (secondary N) is 1. The highest BCUT2D eigenvalue weighted by molar-refractivity contribution is 7.99. The zero-order valence-electron chi connectivity index (χ0n) is 14.5. The molecule has 1 amide bonds. The third-order valence-corrected chi connectivity index (χ3v) is 5.24. The largest absolute Gasteiger partial charge is 0.416 e. The van der Waals surface area contributed by atoms with Crippen LogP contribution in [-0.2, 0) is 17.4 Å². The molecule has 0 aliphatic carbocycles. The van der Waals surface area contributed by atoms with Gasteiger partial charge in [0.15, 0.2) is 5.16 Å². The van der Waals surface area contributed by atoms with E-state index in [4.69, 9.17) is 0 Å². The van der Waals surface area contributed by atoms with Crippen molar-refractivity contribution in [1.82, 2.24) is 9.55 Å². The van der Waals surface area contributed by atoms with Gasteiger partial charge in [0, 0.05) is 29.6 Å². The lowest BCUT2D eigenvalue weighted by Crippen LogP contribution is -2.27. The Morgan fingerprint density at radius 2 is 2.15 bits per heavy atom. The van der Waals surface area contributed by atoms with Gasteiger partial charge in [-0.25, -0.2) is 4.98 Å². The number of hydrogen-bond donors (Lipinski definition) is 1. The van der Waals surface area contributed by atoms with Gasteiger partial charge in [0.05, 0.1) is 11.6 Å². The molecule has 144 valence electrons. The lowest BCUT2D eigenvalue weighted by molar-refractivity contribution is -0.137. The van der Waals surface area contributed by atoms with E-state index in [0.29, 0.717) is 17.3 Å². The first-order valence-electron chi connectivity index (χ1n) is 8.50. The molecule has 1 aliphatic rings. The number of benzene rings is 1. The average molecular weight is 397 g/mol. The molecule has 1 atom stereocenters. The zero-order chi connectivity index (χ0) is 19.6. The number of aryl methyl sites for hydroxylation is 1. The number of nitrogens with zero attached hydrogens (tertiary/aromatic N) is 2. The van der Waals surface area contributed by atoms with E-state index in [1.54, 1.807) is 0 Å². The van der Waals surface area contributed by atoms with Crippen LogP contribution in [0.5, 0.6) is 0 Å². The maximum Gasteiger partial charge on any atom is 0.416 e. The minimum atomic E-state index is -4.48. The van der Waals surface area contributed by atoms with Crippen molar-refractivity contribution in [3.05, 3.63) is 51.9 Å². The quantitative estimate of drug-likeness (QED) is 0.778. The summed E-state index contributed by atoms with van der Waals surface area (Å²) in [6, 6.07) is 5.58. The summed E-state index contributed by atoms with van der Waals surface area (Å²) in [6.45, 7) is 2.00. The van der Waals surface area contributed by atoms with Gasteiger partial charge in [-0.2, -0.15) is 13.2 Å². The summed E-state index contributed by atoms with van der Waals surface area (Å²) in [6.07, 6.45) is -2.89. The molecule has 1 aliphatic heterocycles. The van der Waals surface area contributed by atoms with Gasteiger partial charge < -0.3 is 5.32 Å². The number of thioether (sulfide) groups is 1.